The third kappa shape index (κ3) is 2.97. The molecule has 1 aliphatic heterocycles. The smallest absolute Gasteiger partial charge is 0.0995 e. The molecule has 19 heavy (non-hydrogen) atoms. The molecule has 1 saturated heterocycles. The SMILES string of the molecule is CCN1CCCC(CNC)C1c1ccccc1C#N. The first-order chi connectivity index (χ1) is 9.31. The lowest BCUT2D eigenvalue weighted by Crippen LogP contribution is -2.42. The van der Waals surface area contributed by atoms with Gasteiger partial charge in [-0.3, -0.25) is 4.90 Å². The van der Waals surface area contributed by atoms with Gasteiger partial charge in [0.2, 0.25) is 0 Å². The number of rotatable bonds is 4. The Kier molecular flexibility index (Phi) is 4.95. The number of hydrogen-bond acceptors (Lipinski definition) is 3. The number of piperidine rings is 1. The molecule has 0 amide bonds. The van der Waals surface area contributed by atoms with Crippen molar-refractivity contribution < 1.29 is 0 Å². The van der Waals surface area contributed by atoms with Crippen molar-refractivity contribution in [2.75, 3.05) is 26.7 Å². The summed E-state index contributed by atoms with van der Waals surface area (Å²) < 4.78 is 0. The fourth-order valence-corrected chi connectivity index (χ4v) is 3.29. The molecule has 3 heteroatoms. The second-order valence-electron chi connectivity index (χ2n) is 5.23. The summed E-state index contributed by atoms with van der Waals surface area (Å²) >= 11 is 0. The first-order valence-corrected chi connectivity index (χ1v) is 7.19. The quantitative estimate of drug-likeness (QED) is 0.901. The summed E-state index contributed by atoms with van der Waals surface area (Å²) in [6.45, 7) is 5.41. The number of likely N-dealkylation sites (tertiary alicyclic amines) is 1. The van der Waals surface area contributed by atoms with E-state index >= 15 is 0 Å². The molecular weight excluding hydrogens is 234 g/mol. The second kappa shape index (κ2) is 6.70. The van der Waals surface area contributed by atoms with Crippen molar-refractivity contribution >= 4 is 0 Å². The van der Waals surface area contributed by atoms with Gasteiger partial charge < -0.3 is 5.32 Å². The van der Waals surface area contributed by atoms with Gasteiger partial charge in [0.25, 0.3) is 0 Å². The highest BCUT2D eigenvalue weighted by Gasteiger charge is 2.32. The highest BCUT2D eigenvalue weighted by molar-refractivity contribution is 5.40. The van der Waals surface area contributed by atoms with E-state index in [2.05, 4.69) is 35.3 Å². The number of benzene rings is 1. The van der Waals surface area contributed by atoms with Crippen LogP contribution in [0, 0.1) is 17.2 Å². The van der Waals surface area contributed by atoms with Crippen LogP contribution in [0.2, 0.25) is 0 Å². The topological polar surface area (TPSA) is 39.1 Å². The first kappa shape index (κ1) is 14.0. The molecule has 1 aliphatic rings. The molecule has 1 aromatic carbocycles. The first-order valence-electron chi connectivity index (χ1n) is 7.19. The molecule has 2 unspecified atom stereocenters. The van der Waals surface area contributed by atoms with Gasteiger partial charge >= 0.3 is 0 Å². The van der Waals surface area contributed by atoms with Crippen LogP contribution < -0.4 is 5.32 Å². The van der Waals surface area contributed by atoms with E-state index < -0.39 is 0 Å². The highest BCUT2D eigenvalue weighted by atomic mass is 15.2. The van der Waals surface area contributed by atoms with Gasteiger partial charge in [0.15, 0.2) is 0 Å². The van der Waals surface area contributed by atoms with Crippen LogP contribution in [-0.2, 0) is 0 Å². The average molecular weight is 257 g/mol. The third-order valence-electron chi connectivity index (χ3n) is 4.13. The summed E-state index contributed by atoms with van der Waals surface area (Å²) in [6, 6.07) is 10.8. The minimum absolute atomic E-state index is 0.377. The van der Waals surface area contributed by atoms with Gasteiger partial charge in [0.1, 0.15) is 0 Å². The Morgan fingerprint density at radius 2 is 2.21 bits per heavy atom. The number of nitriles is 1. The standard InChI is InChI=1S/C16H23N3/c1-3-19-10-6-8-14(12-18-2)16(19)15-9-5-4-7-13(15)11-17/h4-5,7,9,14,16,18H,3,6,8,10,12H2,1-2H3. The Morgan fingerprint density at radius 3 is 2.89 bits per heavy atom. The largest absolute Gasteiger partial charge is 0.319 e. The van der Waals surface area contributed by atoms with Crippen LogP contribution in [0.3, 0.4) is 0 Å². The molecule has 0 aliphatic carbocycles. The van der Waals surface area contributed by atoms with Crippen LogP contribution in [0.4, 0.5) is 0 Å². The van der Waals surface area contributed by atoms with Crippen LogP contribution in [0.25, 0.3) is 0 Å². The maximum absolute atomic E-state index is 9.34. The molecule has 3 nitrogen and oxygen atoms in total. The lowest BCUT2D eigenvalue weighted by Gasteiger charge is -2.41. The van der Waals surface area contributed by atoms with Crippen molar-refractivity contribution in [2.45, 2.75) is 25.8 Å². The van der Waals surface area contributed by atoms with Gasteiger partial charge in [-0.15, -0.1) is 0 Å². The van der Waals surface area contributed by atoms with E-state index in [9.17, 15) is 5.26 Å². The van der Waals surface area contributed by atoms with Gasteiger partial charge in [-0.25, -0.2) is 0 Å². The number of nitrogens with zero attached hydrogens (tertiary/aromatic N) is 2. The predicted octanol–water partition coefficient (Wildman–Crippen LogP) is 2.55. The Bertz CT molecular complexity index is 448. The maximum atomic E-state index is 9.34. The van der Waals surface area contributed by atoms with Crippen LogP contribution >= 0.6 is 0 Å². The van der Waals surface area contributed by atoms with E-state index in [1.165, 1.54) is 18.4 Å². The molecule has 1 N–H and O–H groups in total. The van der Waals surface area contributed by atoms with Crippen molar-refractivity contribution in [2.24, 2.45) is 5.92 Å². The van der Waals surface area contributed by atoms with E-state index in [4.69, 9.17) is 0 Å². The molecule has 0 saturated carbocycles. The minimum Gasteiger partial charge on any atom is -0.319 e. The van der Waals surface area contributed by atoms with Crippen molar-refractivity contribution in [3.8, 4) is 6.07 Å². The van der Waals surface area contributed by atoms with Crippen LogP contribution in [0.15, 0.2) is 24.3 Å². The Labute approximate surface area is 116 Å². The van der Waals surface area contributed by atoms with Gasteiger partial charge in [-0.2, -0.15) is 5.26 Å². The fraction of sp³-hybridized carbons (Fsp3) is 0.562. The van der Waals surface area contributed by atoms with Gasteiger partial charge in [-0.1, -0.05) is 25.1 Å². The Morgan fingerprint density at radius 1 is 1.42 bits per heavy atom. The van der Waals surface area contributed by atoms with E-state index in [-0.39, 0.29) is 0 Å². The van der Waals surface area contributed by atoms with Crippen LogP contribution in [0.5, 0.6) is 0 Å². The van der Waals surface area contributed by atoms with Crippen LogP contribution in [-0.4, -0.2) is 31.6 Å². The zero-order chi connectivity index (χ0) is 13.7. The lowest BCUT2D eigenvalue weighted by atomic mass is 9.83. The minimum atomic E-state index is 0.377. The molecular formula is C16H23N3. The predicted molar refractivity (Wildman–Crippen MR) is 77.8 cm³/mol. The lowest BCUT2D eigenvalue weighted by molar-refractivity contribution is 0.0980. The number of nitrogens with one attached hydrogen (secondary N) is 1. The van der Waals surface area contributed by atoms with E-state index in [1.54, 1.807) is 0 Å². The fourth-order valence-electron chi connectivity index (χ4n) is 3.29. The highest BCUT2D eigenvalue weighted by Crippen LogP contribution is 2.36. The van der Waals surface area contributed by atoms with Gasteiger partial charge in [0, 0.05) is 6.04 Å². The second-order valence-corrected chi connectivity index (χ2v) is 5.23. The molecule has 2 rings (SSSR count). The molecule has 0 radical (unpaired) electrons. The molecule has 2 atom stereocenters. The Balaban J connectivity index is 2.37. The Hall–Kier alpha value is -1.37. The zero-order valence-electron chi connectivity index (χ0n) is 11.9. The van der Waals surface area contributed by atoms with Crippen molar-refractivity contribution in [1.29, 1.82) is 5.26 Å². The number of hydrogen-bond donors (Lipinski definition) is 1. The molecule has 1 fully saturated rings. The van der Waals surface area contributed by atoms with Crippen molar-refractivity contribution in [1.82, 2.24) is 10.2 Å². The average Bonchev–Trinajstić information content (AvgIpc) is 2.47. The summed E-state index contributed by atoms with van der Waals surface area (Å²) in [6.07, 6.45) is 2.49. The van der Waals surface area contributed by atoms with Gasteiger partial charge in [0.05, 0.1) is 11.6 Å². The normalized spacial score (nSPS) is 24.1. The van der Waals surface area contributed by atoms with Crippen molar-refractivity contribution in [3.63, 3.8) is 0 Å². The van der Waals surface area contributed by atoms with E-state index in [1.807, 2.05) is 19.2 Å². The molecule has 1 aromatic rings. The maximum Gasteiger partial charge on any atom is 0.0995 e. The van der Waals surface area contributed by atoms with Gasteiger partial charge in [-0.05, 0) is 57.1 Å². The summed E-state index contributed by atoms with van der Waals surface area (Å²) in [5.41, 5.74) is 2.03. The molecule has 0 spiro atoms. The summed E-state index contributed by atoms with van der Waals surface area (Å²) in [4.78, 5) is 2.52. The monoisotopic (exact) mass is 257 g/mol. The summed E-state index contributed by atoms with van der Waals surface area (Å²) in [5, 5.41) is 12.6. The molecule has 1 heterocycles. The summed E-state index contributed by atoms with van der Waals surface area (Å²) in [7, 11) is 2.01. The zero-order valence-corrected chi connectivity index (χ0v) is 11.9. The molecule has 0 bridgehead atoms. The van der Waals surface area contributed by atoms with E-state index in [0.717, 1.165) is 25.2 Å². The summed E-state index contributed by atoms with van der Waals surface area (Å²) in [5.74, 6) is 0.591. The van der Waals surface area contributed by atoms with Crippen LogP contribution in [0.1, 0.15) is 36.9 Å². The van der Waals surface area contributed by atoms with Crippen molar-refractivity contribution in [3.05, 3.63) is 35.4 Å². The van der Waals surface area contributed by atoms with E-state index in [0.29, 0.717) is 12.0 Å². The molecule has 0 aromatic heterocycles. The molecule has 102 valence electrons. The third-order valence-corrected chi connectivity index (χ3v) is 4.13.